The molecule has 1 heterocycles. The number of fused-ring (bicyclic) bond motifs is 1. The molecule has 3 nitrogen and oxygen atoms in total. The third kappa shape index (κ3) is 3.74. The van der Waals surface area contributed by atoms with Crippen LogP contribution in [-0.4, -0.2) is 17.1 Å². The van der Waals surface area contributed by atoms with E-state index in [1.54, 1.807) is 11.8 Å². The number of hydrogen-bond donors (Lipinski definition) is 1. The number of anilines is 1. The largest absolute Gasteiger partial charge is 0.302 e. The standard InChI is InChI=1S/C18H18N2OS2/c1-11-4-5-12(2)13(8-11)9-17(21)20-18-19-15-7-6-14(22-3)10-16(15)23-18/h4-8,10H,9H2,1-3H3,(H,19,20,21). The molecule has 0 bridgehead atoms. The molecular weight excluding hydrogens is 324 g/mol. The van der Waals surface area contributed by atoms with Crippen LogP contribution in [-0.2, 0) is 11.2 Å². The van der Waals surface area contributed by atoms with Gasteiger partial charge in [-0.2, -0.15) is 0 Å². The van der Waals surface area contributed by atoms with Gasteiger partial charge in [0.15, 0.2) is 5.13 Å². The number of carbonyl (C=O) groups is 1. The molecule has 5 heteroatoms. The second kappa shape index (κ2) is 6.72. The fourth-order valence-corrected chi connectivity index (χ4v) is 3.85. The first-order chi connectivity index (χ1) is 11.0. The van der Waals surface area contributed by atoms with Crippen molar-refractivity contribution in [2.45, 2.75) is 25.2 Å². The van der Waals surface area contributed by atoms with E-state index in [1.165, 1.54) is 21.8 Å². The second-order valence-electron chi connectivity index (χ2n) is 5.51. The minimum absolute atomic E-state index is 0.0251. The summed E-state index contributed by atoms with van der Waals surface area (Å²) >= 11 is 3.22. The summed E-state index contributed by atoms with van der Waals surface area (Å²) in [7, 11) is 0. The summed E-state index contributed by atoms with van der Waals surface area (Å²) in [5.74, 6) is -0.0251. The van der Waals surface area contributed by atoms with Crippen LogP contribution in [0.2, 0.25) is 0 Å². The minimum Gasteiger partial charge on any atom is -0.302 e. The quantitative estimate of drug-likeness (QED) is 0.691. The maximum absolute atomic E-state index is 12.3. The number of aromatic nitrogens is 1. The molecule has 0 unspecified atom stereocenters. The van der Waals surface area contributed by atoms with Crippen molar-refractivity contribution in [2.24, 2.45) is 0 Å². The van der Waals surface area contributed by atoms with E-state index in [0.29, 0.717) is 11.6 Å². The van der Waals surface area contributed by atoms with Gasteiger partial charge in [0.2, 0.25) is 5.91 Å². The molecule has 0 saturated heterocycles. The number of nitrogens with one attached hydrogen (secondary N) is 1. The van der Waals surface area contributed by atoms with Gasteiger partial charge in [-0.05, 0) is 49.4 Å². The highest BCUT2D eigenvalue weighted by atomic mass is 32.2. The fraction of sp³-hybridized carbons (Fsp3) is 0.222. The molecule has 0 atom stereocenters. The normalized spacial score (nSPS) is 10.9. The average molecular weight is 342 g/mol. The van der Waals surface area contributed by atoms with Gasteiger partial charge in [-0.3, -0.25) is 4.79 Å². The van der Waals surface area contributed by atoms with E-state index in [9.17, 15) is 4.79 Å². The molecule has 0 saturated carbocycles. The Hall–Kier alpha value is -1.85. The van der Waals surface area contributed by atoms with Crippen molar-refractivity contribution in [3.63, 3.8) is 0 Å². The summed E-state index contributed by atoms with van der Waals surface area (Å²) in [6.45, 7) is 4.07. The lowest BCUT2D eigenvalue weighted by molar-refractivity contribution is -0.115. The van der Waals surface area contributed by atoms with Crippen molar-refractivity contribution in [2.75, 3.05) is 11.6 Å². The van der Waals surface area contributed by atoms with Crippen LogP contribution in [0.1, 0.15) is 16.7 Å². The van der Waals surface area contributed by atoms with Gasteiger partial charge in [0.1, 0.15) is 0 Å². The molecule has 1 N–H and O–H groups in total. The van der Waals surface area contributed by atoms with Crippen LogP contribution in [0.4, 0.5) is 5.13 Å². The molecular formula is C18H18N2OS2. The fourth-order valence-electron chi connectivity index (χ4n) is 2.41. The highest BCUT2D eigenvalue weighted by Gasteiger charge is 2.10. The lowest BCUT2D eigenvalue weighted by Crippen LogP contribution is -2.14. The number of hydrogen-bond acceptors (Lipinski definition) is 4. The van der Waals surface area contributed by atoms with Crippen molar-refractivity contribution < 1.29 is 4.79 Å². The maximum Gasteiger partial charge on any atom is 0.230 e. The monoisotopic (exact) mass is 342 g/mol. The molecule has 0 spiro atoms. The molecule has 0 radical (unpaired) electrons. The number of rotatable bonds is 4. The van der Waals surface area contributed by atoms with Crippen molar-refractivity contribution >= 4 is 44.4 Å². The Labute approximate surface area is 144 Å². The van der Waals surface area contributed by atoms with Gasteiger partial charge >= 0.3 is 0 Å². The average Bonchev–Trinajstić information content (AvgIpc) is 2.91. The van der Waals surface area contributed by atoms with Crippen LogP contribution in [0, 0.1) is 13.8 Å². The molecule has 118 valence electrons. The number of aryl methyl sites for hydroxylation is 2. The summed E-state index contributed by atoms with van der Waals surface area (Å²) in [6.07, 6.45) is 2.43. The van der Waals surface area contributed by atoms with Gasteiger partial charge in [0.05, 0.1) is 16.6 Å². The van der Waals surface area contributed by atoms with Crippen LogP contribution in [0.5, 0.6) is 0 Å². The van der Waals surface area contributed by atoms with E-state index < -0.39 is 0 Å². The van der Waals surface area contributed by atoms with Gasteiger partial charge in [0, 0.05) is 4.90 Å². The summed E-state index contributed by atoms with van der Waals surface area (Å²) in [4.78, 5) is 18.0. The SMILES string of the molecule is CSc1ccc2nc(NC(=O)Cc3cc(C)ccc3C)sc2c1. The minimum atomic E-state index is -0.0251. The van der Waals surface area contributed by atoms with E-state index in [2.05, 4.69) is 46.9 Å². The molecule has 0 aliphatic carbocycles. The van der Waals surface area contributed by atoms with Gasteiger partial charge in [0.25, 0.3) is 0 Å². The first-order valence-electron chi connectivity index (χ1n) is 7.36. The Morgan fingerprint density at radius 2 is 2.04 bits per heavy atom. The molecule has 0 aliphatic heterocycles. The Bertz CT molecular complexity index is 871. The number of thioether (sulfide) groups is 1. The molecule has 0 fully saturated rings. The summed E-state index contributed by atoms with van der Waals surface area (Å²) in [6, 6.07) is 12.3. The Morgan fingerprint density at radius 3 is 2.83 bits per heavy atom. The van der Waals surface area contributed by atoms with E-state index in [0.717, 1.165) is 21.3 Å². The number of nitrogens with zero attached hydrogens (tertiary/aromatic N) is 1. The van der Waals surface area contributed by atoms with E-state index in [4.69, 9.17) is 0 Å². The van der Waals surface area contributed by atoms with Crippen molar-refractivity contribution in [1.29, 1.82) is 0 Å². The lowest BCUT2D eigenvalue weighted by Gasteiger charge is -2.06. The zero-order valence-corrected chi connectivity index (χ0v) is 15.0. The number of amides is 1. The molecule has 2 aromatic carbocycles. The van der Waals surface area contributed by atoms with Crippen molar-refractivity contribution in [3.8, 4) is 0 Å². The molecule has 23 heavy (non-hydrogen) atoms. The second-order valence-corrected chi connectivity index (χ2v) is 7.42. The van der Waals surface area contributed by atoms with E-state index in [-0.39, 0.29) is 5.91 Å². The van der Waals surface area contributed by atoms with E-state index >= 15 is 0 Å². The van der Waals surface area contributed by atoms with Gasteiger partial charge < -0.3 is 5.32 Å². The summed E-state index contributed by atoms with van der Waals surface area (Å²) in [5, 5.41) is 3.59. The predicted octanol–water partition coefficient (Wildman–Crippen LogP) is 4.82. The molecule has 0 aliphatic rings. The lowest BCUT2D eigenvalue weighted by atomic mass is 10.0. The Morgan fingerprint density at radius 1 is 1.22 bits per heavy atom. The molecule has 3 rings (SSSR count). The first-order valence-corrected chi connectivity index (χ1v) is 9.40. The Balaban J connectivity index is 1.76. The third-order valence-corrected chi connectivity index (χ3v) is 5.36. The van der Waals surface area contributed by atoms with Gasteiger partial charge in [-0.1, -0.05) is 35.1 Å². The zero-order valence-electron chi connectivity index (χ0n) is 13.3. The molecule has 1 amide bonds. The molecule has 3 aromatic rings. The Kier molecular flexibility index (Phi) is 4.68. The summed E-state index contributed by atoms with van der Waals surface area (Å²) in [5.41, 5.74) is 4.30. The summed E-state index contributed by atoms with van der Waals surface area (Å²) < 4.78 is 1.10. The smallest absolute Gasteiger partial charge is 0.230 e. The van der Waals surface area contributed by atoms with Crippen LogP contribution in [0.15, 0.2) is 41.3 Å². The van der Waals surface area contributed by atoms with Gasteiger partial charge in [-0.15, -0.1) is 11.8 Å². The van der Waals surface area contributed by atoms with Crippen LogP contribution < -0.4 is 5.32 Å². The topological polar surface area (TPSA) is 42.0 Å². The van der Waals surface area contributed by atoms with Crippen LogP contribution >= 0.6 is 23.1 Å². The number of thiazole rings is 1. The third-order valence-electron chi connectivity index (χ3n) is 3.70. The maximum atomic E-state index is 12.3. The predicted molar refractivity (Wildman–Crippen MR) is 99.7 cm³/mol. The number of benzene rings is 2. The number of carbonyl (C=O) groups excluding carboxylic acids is 1. The van der Waals surface area contributed by atoms with Crippen LogP contribution in [0.3, 0.4) is 0 Å². The highest BCUT2D eigenvalue weighted by molar-refractivity contribution is 7.98. The van der Waals surface area contributed by atoms with E-state index in [1.807, 2.05) is 19.9 Å². The zero-order chi connectivity index (χ0) is 16.4. The highest BCUT2D eigenvalue weighted by Crippen LogP contribution is 2.29. The first kappa shape index (κ1) is 16.0. The van der Waals surface area contributed by atoms with Crippen molar-refractivity contribution in [1.82, 2.24) is 4.98 Å². The van der Waals surface area contributed by atoms with Crippen LogP contribution in [0.25, 0.3) is 10.2 Å². The molecule has 1 aromatic heterocycles. The van der Waals surface area contributed by atoms with Crippen molar-refractivity contribution in [3.05, 3.63) is 53.1 Å². The van der Waals surface area contributed by atoms with Gasteiger partial charge in [-0.25, -0.2) is 4.98 Å².